The predicted molar refractivity (Wildman–Crippen MR) is 101 cm³/mol. The molecule has 0 spiro atoms. The maximum absolute atomic E-state index is 12.3. The molecule has 4 nitrogen and oxygen atoms in total. The Morgan fingerprint density at radius 1 is 1.08 bits per heavy atom. The molecular weight excluding hydrogens is 324 g/mol. The topological polar surface area (TPSA) is 50.4 Å². The normalized spacial score (nSPS) is 28.2. The summed E-state index contributed by atoms with van der Waals surface area (Å²) in [4.78, 5) is 12.3. The van der Waals surface area contributed by atoms with Gasteiger partial charge in [0.1, 0.15) is 6.61 Å². The lowest BCUT2D eigenvalue weighted by Gasteiger charge is -2.18. The summed E-state index contributed by atoms with van der Waals surface area (Å²) in [7, 11) is 0. The average Bonchev–Trinajstić information content (AvgIpc) is 3.05. The van der Waals surface area contributed by atoms with E-state index in [4.69, 9.17) is 4.74 Å². The van der Waals surface area contributed by atoms with Crippen molar-refractivity contribution >= 4 is 6.09 Å². The first-order valence-corrected chi connectivity index (χ1v) is 9.48. The number of alkyl carbamates (subject to hydrolysis) is 1. The molecule has 3 aliphatic rings. The Bertz CT molecular complexity index is 807. The minimum Gasteiger partial charge on any atom is -0.449 e. The van der Waals surface area contributed by atoms with Crippen LogP contribution in [0.5, 0.6) is 0 Å². The van der Waals surface area contributed by atoms with Crippen LogP contribution in [0.25, 0.3) is 11.1 Å². The van der Waals surface area contributed by atoms with Crippen LogP contribution in [0.4, 0.5) is 4.79 Å². The van der Waals surface area contributed by atoms with Gasteiger partial charge in [-0.2, -0.15) is 0 Å². The van der Waals surface area contributed by atoms with Gasteiger partial charge < -0.3 is 15.4 Å². The summed E-state index contributed by atoms with van der Waals surface area (Å²) >= 11 is 0. The summed E-state index contributed by atoms with van der Waals surface area (Å²) in [6.45, 7) is 5.51. The van der Waals surface area contributed by atoms with Gasteiger partial charge in [0.05, 0.1) is 0 Å². The van der Waals surface area contributed by atoms with E-state index in [9.17, 15) is 4.79 Å². The van der Waals surface area contributed by atoms with Crippen LogP contribution in [-0.4, -0.2) is 32.3 Å². The van der Waals surface area contributed by atoms with Gasteiger partial charge in [-0.1, -0.05) is 55.5 Å². The van der Waals surface area contributed by atoms with Crippen LogP contribution < -0.4 is 10.6 Å². The second-order valence-corrected chi connectivity index (χ2v) is 8.06. The van der Waals surface area contributed by atoms with E-state index in [-0.39, 0.29) is 17.4 Å². The molecule has 2 aliphatic carbocycles. The summed E-state index contributed by atoms with van der Waals surface area (Å²) in [6.07, 6.45) is -0.300. The number of hydrogen-bond acceptors (Lipinski definition) is 3. The highest BCUT2D eigenvalue weighted by Crippen LogP contribution is 2.59. The molecule has 2 atom stereocenters. The lowest BCUT2D eigenvalue weighted by molar-refractivity contribution is 0.140. The minimum atomic E-state index is -0.300. The molecule has 0 aromatic heterocycles. The van der Waals surface area contributed by atoms with Gasteiger partial charge in [0, 0.05) is 12.5 Å². The van der Waals surface area contributed by atoms with Crippen LogP contribution in [0.15, 0.2) is 48.5 Å². The first kappa shape index (κ1) is 15.9. The molecule has 1 saturated carbocycles. The van der Waals surface area contributed by atoms with Gasteiger partial charge in [-0.05, 0) is 52.6 Å². The third-order valence-corrected chi connectivity index (χ3v) is 6.76. The maximum Gasteiger partial charge on any atom is 0.407 e. The van der Waals surface area contributed by atoms with Crippen molar-refractivity contribution in [3.05, 3.63) is 59.7 Å². The minimum absolute atomic E-state index is 0.119. The SMILES string of the molecule is CC1(CNC(=O)OCC2c3ccccc3-c3ccccc32)C2CNCC21. The Morgan fingerprint density at radius 3 is 2.27 bits per heavy atom. The molecule has 26 heavy (non-hydrogen) atoms. The Kier molecular flexibility index (Phi) is 3.57. The fourth-order valence-electron chi connectivity index (χ4n) is 5.08. The standard InChI is InChI=1S/C22H24N2O2/c1-22(19-10-23-11-20(19)22)13-24-21(25)26-12-18-16-8-4-2-6-14(16)15-7-3-5-9-17(15)18/h2-9,18-20,23H,10-13H2,1H3,(H,24,25). The average molecular weight is 348 g/mol. The van der Waals surface area contributed by atoms with Crippen molar-refractivity contribution in [2.24, 2.45) is 17.3 Å². The Morgan fingerprint density at radius 2 is 1.65 bits per heavy atom. The molecule has 1 heterocycles. The zero-order chi connectivity index (χ0) is 17.7. The van der Waals surface area contributed by atoms with Crippen molar-refractivity contribution in [2.75, 3.05) is 26.2 Å². The Balaban J connectivity index is 1.24. The van der Waals surface area contributed by atoms with E-state index in [0.717, 1.165) is 13.1 Å². The molecule has 1 saturated heterocycles. The molecule has 0 bridgehead atoms. The summed E-state index contributed by atoms with van der Waals surface area (Å²) in [5.41, 5.74) is 5.25. The number of amides is 1. The monoisotopic (exact) mass is 348 g/mol. The van der Waals surface area contributed by atoms with Gasteiger partial charge in [-0.25, -0.2) is 4.79 Å². The molecule has 2 fully saturated rings. The molecule has 4 heteroatoms. The van der Waals surface area contributed by atoms with E-state index in [1.54, 1.807) is 0 Å². The highest BCUT2D eigenvalue weighted by molar-refractivity contribution is 5.79. The number of carbonyl (C=O) groups excluding carboxylic acids is 1. The summed E-state index contributed by atoms with van der Waals surface area (Å²) < 4.78 is 5.62. The van der Waals surface area contributed by atoms with Crippen LogP contribution in [-0.2, 0) is 4.74 Å². The van der Waals surface area contributed by atoms with E-state index in [1.165, 1.54) is 22.3 Å². The highest BCUT2D eigenvalue weighted by Gasteiger charge is 2.62. The van der Waals surface area contributed by atoms with E-state index in [2.05, 4.69) is 66.1 Å². The van der Waals surface area contributed by atoms with Crippen molar-refractivity contribution in [1.82, 2.24) is 10.6 Å². The quantitative estimate of drug-likeness (QED) is 0.891. The second-order valence-electron chi connectivity index (χ2n) is 8.06. The van der Waals surface area contributed by atoms with Gasteiger partial charge in [0.15, 0.2) is 0 Å². The lowest BCUT2D eigenvalue weighted by atomic mass is 9.98. The Hall–Kier alpha value is -2.33. The third-order valence-electron chi connectivity index (χ3n) is 6.76. The number of carbonyl (C=O) groups is 1. The van der Waals surface area contributed by atoms with Crippen molar-refractivity contribution in [1.29, 1.82) is 0 Å². The number of ether oxygens (including phenoxy) is 1. The van der Waals surface area contributed by atoms with Crippen molar-refractivity contribution in [3.8, 4) is 11.1 Å². The molecular formula is C22H24N2O2. The summed E-state index contributed by atoms with van der Waals surface area (Å²) in [5.74, 6) is 1.53. The molecule has 1 aliphatic heterocycles. The zero-order valence-electron chi connectivity index (χ0n) is 15.0. The van der Waals surface area contributed by atoms with Gasteiger partial charge in [0.2, 0.25) is 0 Å². The maximum atomic E-state index is 12.3. The fraction of sp³-hybridized carbons (Fsp3) is 0.409. The summed E-state index contributed by atoms with van der Waals surface area (Å²) in [5, 5.41) is 6.40. The smallest absolute Gasteiger partial charge is 0.407 e. The largest absolute Gasteiger partial charge is 0.449 e. The lowest BCUT2D eigenvalue weighted by Crippen LogP contribution is -2.34. The Labute approximate surface area is 153 Å². The number of nitrogens with one attached hydrogen (secondary N) is 2. The van der Waals surface area contributed by atoms with Crippen LogP contribution >= 0.6 is 0 Å². The molecule has 134 valence electrons. The summed E-state index contributed by atoms with van der Waals surface area (Å²) in [6, 6.07) is 16.8. The predicted octanol–water partition coefficient (Wildman–Crippen LogP) is 3.38. The molecule has 1 amide bonds. The number of piperidine rings is 1. The molecule has 2 aromatic carbocycles. The third kappa shape index (κ3) is 2.36. The molecule has 2 aromatic rings. The van der Waals surface area contributed by atoms with E-state index < -0.39 is 0 Å². The molecule has 2 N–H and O–H groups in total. The van der Waals surface area contributed by atoms with E-state index in [0.29, 0.717) is 25.0 Å². The fourth-order valence-corrected chi connectivity index (χ4v) is 5.08. The van der Waals surface area contributed by atoms with Crippen molar-refractivity contribution in [2.45, 2.75) is 12.8 Å². The number of rotatable bonds is 4. The first-order valence-electron chi connectivity index (χ1n) is 9.48. The molecule has 0 radical (unpaired) electrons. The van der Waals surface area contributed by atoms with Gasteiger partial charge >= 0.3 is 6.09 Å². The van der Waals surface area contributed by atoms with Crippen molar-refractivity contribution < 1.29 is 9.53 Å². The van der Waals surface area contributed by atoms with Crippen LogP contribution in [0.3, 0.4) is 0 Å². The van der Waals surface area contributed by atoms with E-state index >= 15 is 0 Å². The van der Waals surface area contributed by atoms with Gasteiger partial charge in [0.25, 0.3) is 0 Å². The molecule has 2 unspecified atom stereocenters. The van der Waals surface area contributed by atoms with Crippen LogP contribution in [0.1, 0.15) is 24.0 Å². The number of fused-ring (bicyclic) bond motifs is 4. The van der Waals surface area contributed by atoms with Crippen molar-refractivity contribution in [3.63, 3.8) is 0 Å². The number of benzene rings is 2. The van der Waals surface area contributed by atoms with Crippen LogP contribution in [0, 0.1) is 17.3 Å². The number of hydrogen-bond donors (Lipinski definition) is 2. The second kappa shape index (κ2) is 5.85. The van der Waals surface area contributed by atoms with Gasteiger partial charge in [-0.3, -0.25) is 0 Å². The molecule has 5 rings (SSSR count). The first-order chi connectivity index (χ1) is 12.7. The van der Waals surface area contributed by atoms with E-state index in [1.807, 2.05) is 0 Å². The highest BCUT2D eigenvalue weighted by atomic mass is 16.5. The van der Waals surface area contributed by atoms with Crippen LogP contribution in [0.2, 0.25) is 0 Å². The zero-order valence-corrected chi connectivity index (χ0v) is 15.0. The van der Waals surface area contributed by atoms with Gasteiger partial charge in [-0.15, -0.1) is 0 Å².